The average molecular weight is 448 g/mol. The number of hydrogen-bond acceptors (Lipinski definition) is 4. The molecule has 0 aliphatic carbocycles. The van der Waals surface area contributed by atoms with Crippen molar-refractivity contribution in [2.75, 3.05) is 0 Å². The third-order valence-corrected chi connectivity index (χ3v) is 6.13. The number of imidazole rings is 1. The molecule has 5 aromatic rings. The number of hydrogen-bond donors (Lipinski definition) is 4. The molecule has 166 valence electrons. The topological polar surface area (TPSA) is 117 Å². The molecular weight excluding hydrogens is 426 g/mol. The standard InChI is InChI=1S/C26H21N7O/c1-2-5-19-20(14-27)31-25(30-19)18-7-3-6-17-22(21-8-4-13-33(21)23(17)18)32-26(34)16-10-12-29-24-15(16)9-11-28-24/h2-14,22H,1,27H2,(H,28,29)(H,30,31)(H,32,34)/b19-5+,20-14+. The number of fused-ring (bicyclic) bond motifs is 4. The second-order valence-electron chi connectivity index (χ2n) is 8.00. The number of H-pyrrole nitrogens is 2. The van der Waals surface area contributed by atoms with Crippen molar-refractivity contribution in [3.63, 3.8) is 0 Å². The molecule has 8 heteroatoms. The molecule has 34 heavy (non-hydrogen) atoms. The van der Waals surface area contributed by atoms with Crippen LogP contribution in [0.2, 0.25) is 0 Å². The first-order chi connectivity index (χ1) is 16.7. The van der Waals surface area contributed by atoms with Crippen molar-refractivity contribution in [1.29, 1.82) is 0 Å². The quantitative estimate of drug-likeness (QED) is 0.338. The summed E-state index contributed by atoms with van der Waals surface area (Å²) in [7, 11) is 0. The van der Waals surface area contributed by atoms with Crippen molar-refractivity contribution in [2.24, 2.45) is 5.73 Å². The lowest BCUT2D eigenvalue weighted by atomic mass is 10.0. The number of aromatic amines is 2. The Morgan fingerprint density at radius 2 is 2.12 bits per heavy atom. The monoisotopic (exact) mass is 447 g/mol. The molecule has 1 aromatic carbocycles. The molecule has 0 radical (unpaired) electrons. The van der Waals surface area contributed by atoms with Crippen LogP contribution in [0.25, 0.3) is 40.4 Å². The van der Waals surface area contributed by atoms with E-state index in [1.165, 1.54) is 6.20 Å². The summed E-state index contributed by atoms with van der Waals surface area (Å²) < 4.78 is 2.10. The van der Waals surface area contributed by atoms with Gasteiger partial charge in [-0.3, -0.25) is 4.79 Å². The van der Waals surface area contributed by atoms with Gasteiger partial charge in [-0.15, -0.1) is 0 Å². The molecular formula is C26H21N7O. The van der Waals surface area contributed by atoms with E-state index in [9.17, 15) is 4.79 Å². The number of nitrogens with two attached hydrogens (primary N) is 1. The van der Waals surface area contributed by atoms with E-state index in [0.717, 1.165) is 33.2 Å². The minimum absolute atomic E-state index is 0.163. The molecule has 1 amide bonds. The predicted octanol–water partition coefficient (Wildman–Crippen LogP) is 2.24. The first-order valence-corrected chi connectivity index (χ1v) is 10.8. The fourth-order valence-electron chi connectivity index (χ4n) is 4.66. The van der Waals surface area contributed by atoms with Crippen LogP contribution in [0.5, 0.6) is 0 Å². The molecule has 0 bridgehead atoms. The van der Waals surface area contributed by atoms with Gasteiger partial charge in [-0.2, -0.15) is 0 Å². The van der Waals surface area contributed by atoms with Gasteiger partial charge in [0.25, 0.3) is 5.91 Å². The van der Waals surface area contributed by atoms with Gasteiger partial charge in [0.2, 0.25) is 0 Å². The lowest BCUT2D eigenvalue weighted by Gasteiger charge is -2.15. The highest BCUT2D eigenvalue weighted by Crippen LogP contribution is 2.41. The van der Waals surface area contributed by atoms with Gasteiger partial charge in [0.1, 0.15) is 11.5 Å². The van der Waals surface area contributed by atoms with Crippen LogP contribution in [0.15, 0.2) is 73.7 Å². The van der Waals surface area contributed by atoms with Crippen LogP contribution in [-0.2, 0) is 0 Å². The second kappa shape index (κ2) is 7.63. The zero-order valence-corrected chi connectivity index (χ0v) is 18.1. The normalized spacial score (nSPS) is 15.5. The average Bonchev–Trinajstić information content (AvgIpc) is 3.63. The maximum absolute atomic E-state index is 13.4. The van der Waals surface area contributed by atoms with Gasteiger partial charge in [-0.05, 0) is 36.4 Å². The van der Waals surface area contributed by atoms with E-state index in [1.54, 1.807) is 24.5 Å². The van der Waals surface area contributed by atoms with Crippen LogP contribution in [0, 0.1) is 0 Å². The van der Waals surface area contributed by atoms with Crippen LogP contribution in [0.4, 0.5) is 0 Å². The van der Waals surface area contributed by atoms with Crippen molar-refractivity contribution in [3.05, 3.63) is 101 Å². The third kappa shape index (κ3) is 2.89. The number of rotatable bonds is 4. The number of pyridine rings is 1. The number of nitrogens with zero attached hydrogens (tertiary/aromatic N) is 3. The molecule has 1 aliphatic heterocycles. The number of amides is 1. The molecule has 5 heterocycles. The molecule has 0 saturated carbocycles. The molecule has 0 spiro atoms. The predicted molar refractivity (Wildman–Crippen MR) is 131 cm³/mol. The van der Waals surface area contributed by atoms with Crippen molar-refractivity contribution in [2.45, 2.75) is 6.04 Å². The maximum Gasteiger partial charge on any atom is 0.252 e. The Morgan fingerprint density at radius 3 is 2.97 bits per heavy atom. The van der Waals surface area contributed by atoms with E-state index in [2.05, 4.69) is 31.4 Å². The fourth-order valence-corrected chi connectivity index (χ4v) is 4.66. The summed E-state index contributed by atoms with van der Waals surface area (Å²) in [5.74, 6) is 0.528. The Morgan fingerprint density at radius 1 is 1.21 bits per heavy atom. The Kier molecular flexibility index (Phi) is 4.44. The first kappa shape index (κ1) is 19.8. The van der Waals surface area contributed by atoms with Gasteiger partial charge < -0.3 is 25.6 Å². The van der Waals surface area contributed by atoms with Gasteiger partial charge in [0.15, 0.2) is 0 Å². The summed E-state index contributed by atoms with van der Waals surface area (Å²) >= 11 is 0. The van der Waals surface area contributed by atoms with Gasteiger partial charge in [-0.1, -0.05) is 24.8 Å². The summed E-state index contributed by atoms with van der Waals surface area (Å²) in [6.45, 7) is 3.76. The number of carbonyl (C=O) groups excluding carboxylic acids is 1. The molecule has 8 nitrogen and oxygen atoms in total. The van der Waals surface area contributed by atoms with Crippen molar-refractivity contribution < 1.29 is 4.79 Å². The molecule has 0 saturated heterocycles. The Balaban J connectivity index is 1.46. The van der Waals surface area contributed by atoms with Crippen LogP contribution >= 0.6 is 0 Å². The van der Waals surface area contributed by atoms with Crippen LogP contribution in [0.1, 0.15) is 27.7 Å². The zero-order chi connectivity index (χ0) is 23.2. The number of benzene rings is 1. The van der Waals surface area contributed by atoms with Gasteiger partial charge in [0, 0.05) is 47.0 Å². The first-order valence-electron chi connectivity index (χ1n) is 10.8. The molecule has 1 unspecified atom stereocenters. The Labute approximate surface area is 194 Å². The van der Waals surface area contributed by atoms with Crippen LogP contribution in [-0.4, -0.2) is 30.4 Å². The second-order valence-corrected chi connectivity index (χ2v) is 8.00. The molecule has 0 fully saturated rings. The molecule has 1 atom stereocenters. The van der Waals surface area contributed by atoms with E-state index in [-0.39, 0.29) is 11.9 Å². The minimum Gasteiger partial charge on any atom is -0.403 e. The van der Waals surface area contributed by atoms with Gasteiger partial charge in [-0.25, -0.2) is 9.97 Å². The highest BCUT2D eigenvalue weighted by Gasteiger charge is 2.32. The third-order valence-electron chi connectivity index (χ3n) is 6.13. The summed E-state index contributed by atoms with van der Waals surface area (Å²) in [6, 6.07) is 13.3. The molecule has 4 aromatic heterocycles. The van der Waals surface area contributed by atoms with E-state index in [1.807, 2.05) is 48.7 Å². The number of allylic oxidation sites excluding steroid dienone is 1. The van der Waals surface area contributed by atoms with Gasteiger partial charge in [0.05, 0.1) is 28.0 Å². The SMILES string of the molecule is C=C/C=c1/nc(-c2cccc3c2-n2cccc2C3NC(=O)c2ccnc3[nH]ccc23)[nH]/c1=C/N. The van der Waals surface area contributed by atoms with Crippen molar-refractivity contribution in [3.8, 4) is 17.1 Å². The smallest absolute Gasteiger partial charge is 0.252 e. The molecule has 5 N–H and O–H groups in total. The van der Waals surface area contributed by atoms with E-state index in [4.69, 9.17) is 10.7 Å². The summed E-state index contributed by atoms with van der Waals surface area (Å²) in [4.78, 5) is 28.7. The lowest BCUT2D eigenvalue weighted by molar-refractivity contribution is 0.0945. The van der Waals surface area contributed by atoms with Crippen LogP contribution in [0.3, 0.4) is 0 Å². The number of aromatic nitrogens is 5. The van der Waals surface area contributed by atoms with Crippen molar-refractivity contribution in [1.82, 2.24) is 29.8 Å². The van der Waals surface area contributed by atoms with Gasteiger partial charge >= 0.3 is 0 Å². The molecule has 6 rings (SSSR count). The number of carbonyl (C=O) groups is 1. The van der Waals surface area contributed by atoms with E-state index in [0.29, 0.717) is 22.4 Å². The highest BCUT2D eigenvalue weighted by atomic mass is 16.1. The van der Waals surface area contributed by atoms with Crippen LogP contribution < -0.4 is 21.7 Å². The van der Waals surface area contributed by atoms with Crippen molar-refractivity contribution >= 4 is 29.2 Å². The highest BCUT2D eigenvalue weighted by molar-refractivity contribution is 6.05. The fraction of sp³-hybridized carbons (Fsp3) is 0.0385. The Bertz CT molecular complexity index is 1700. The summed E-state index contributed by atoms with van der Waals surface area (Å²) in [5.41, 5.74) is 10.9. The zero-order valence-electron chi connectivity index (χ0n) is 18.1. The molecule has 1 aliphatic rings. The minimum atomic E-state index is -0.311. The maximum atomic E-state index is 13.4. The Hall–Kier alpha value is -4.85. The number of nitrogens with one attached hydrogen (secondary N) is 3. The summed E-state index contributed by atoms with van der Waals surface area (Å²) in [6.07, 6.45) is 10.4. The largest absolute Gasteiger partial charge is 0.403 e. The lowest BCUT2D eigenvalue weighted by Crippen LogP contribution is -2.28. The van der Waals surface area contributed by atoms with E-state index >= 15 is 0 Å². The van der Waals surface area contributed by atoms with E-state index < -0.39 is 0 Å². The summed E-state index contributed by atoms with van der Waals surface area (Å²) in [5, 5.41) is 5.45. The number of para-hydroxylation sites is 1.